The Morgan fingerprint density at radius 3 is 3.08 bits per heavy atom. The van der Waals surface area contributed by atoms with Gasteiger partial charge in [0, 0.05) is 25.4 Å². The van der Waals surface area contributed by atoms with Gasteiger partial charge in [0.05, 0.1) is 18.8 Å². The minimum absolute atomic E-state index is 0.125. The zero-order valence-electron chi connectivity index (χ0n) is 13.9. The summed E-state index contributed by atoms with van der Waals surface area (Å²) in [5.74, 6) is 0.405. The summed E-state index contributed by atoms with van der Waals surface area (Å²) in [6.45, 7) is 5.82. The second-order valence-electron chi connectivity index (χ2n) is 5.83. The molecule has 0 spiro atoms. The van der Waals surface area contributed by atoms with E-state index in [1.807, 2.05) is 6.20 Å². The lowest BCUT2D eigenvalue weighted by Crippen LogP contribution is -2.43. The number of hydrogen-bond acceptors (Lipinski definition) is 5. The van der Waals surface area contributed by atoms with E-state index in [0.717, 1.165) is 13.0 Å². The number of amides is 1. The van der Waals surface area contributed by atoms with Crippen LogP contribution in [0.4, 0.5) is 0 Å². The Kier molecular flexibility index (Phi) is 4.75. The van der Waals surface area contributed by atoms with Gasteiger partial charge >= 0.3 is 0 Å². The smallest absolute Gasteiger partial charge is 0.274 e. The number of H-pyrrole nitrogens is 1. The highest BCUT2D eigenvalue weighted by atomic mass is 16.5. The molecule has 0 saturated carbocycles. The predicted octanol–water partition coefficient (Wildman–Crippen LogP) is 0.899. The first-order valence-corrected chi connectivity index (χ1v) is 8.09. The van der Waals surface area contributed by atoms with Gasteiger partial charge in [-0.25, -0.2) is 4.98 Å². The van der Waals surface area contributed by atoms with Crippen LogP contribution in [-0.4, -0.2) is 50.3 Å². The van der Waals surface area contributed by atoms with Crippen molar-refractivity contribution in [2.75, 3.05) is 19.7 Å². The molecule has 3 rings (SSSR count). The van der Waals surface area contributed by atoms with Crippen molar-refractivity contribution in [1.29, 1.82) is 0 Å². The van der Waals surface area contributed by atoms with E-state index in [1.54, 1.807) is 22.6 Å². The van der Waals surface area contributed by atoms with E-state index in [0.29, 0.717) is 36.9 Å². The van der Waals surface area contributed by atoms with Crippen molar-refractivity contribution in [1.82, 2.24) is 24.6 Å². The van der Waals surface area contributed by atoms with Crippen LogP contribution in [-0.2, 0) is 11.3 Å². The highest BCUT2D eigenvalue weighted by molar-refractivity contribution is 5.92. The van der Waals surface area contributed by atoms with Crippen molar-refractivity contribution < 1.29 is 9.53 Å². The lowest BCUT2D eigenvalue weighted by molar-refractivity contribution is -0.0251. The van der Waals surface area contributed by atoms with Crippen LogP contribution >= 0.6 is 0 Å². The number of aryl methyl sites for hydroxylation is 2. The number of morpholine rings is 1. The normalized spacial score (nSPS) is 17.9. The third-order valence-corrected chi connectivity index (χ3v) is 3.88. The third kappa shape index (κ3) is 3.53. The largest absolute Gasteiger partial charge is 0.368 e. The van der Waals surface area contributed by atoms with Crippen molar-refractivity contribution in [3.63, 3.8) is 0 Å². The summed E-state index contributed by atoms with van der Waals surface area (Å²) in [4.78, 5) is 32.9. The maximum atomic E-state index is 12.6. The molecule has 1 aliphatic rings. The average Bonchev–Trinajstić information content (AvgIpc) is 3.02. The number of rotatable bonds is 4. The van der Waals surface area contributed by atoms with Crippen LogP contribution < -0.4 is 5.56 Å². The standard InChI is InChI=1S/C16H21N5O3/c1-3-5-21-6-4-12(19-21)16(23)20-7-8-24-14(10-20)13-9-15(22)18-11(2)17-13/h4,6,9,14H,3,5,7-8,10H2,1-2H3,(H,17,18,22)/t14-/m0/s1. The van der Waals surface area contributed by atoms with E-state index in [4.69, 9.17) is 4.74 Å². The molecule has 128 valence electrons. The Morgan fingerprint density at radius 2 is 2.33 bits per heavy atom. The van der Waals surface area contributed by atoms with E-state index in [1.165, 1.54) is 6.07 Å². The fourth-order valence-corrected chi connectivity index (χ4v) is 2.77. The lowest BCUT2D eigenvalue weighted by atomic mass is 10.2. The fraction of sp³-hybridized carbons (Fsp3) is 0.500. The van der Waals surface area contributed by atoms with Crippen LogP contribution in [0.2, 0.25) is 0 Å². The molecule has 0 radical (unpaired) electrons. The molecule has 24 heavy (non-hydrogen) atoms. The maximum absolute atomic E-state index is 12.6. The molecule has 0 bridgehead atoms. The van der Waals surface area contributed by atoms with Crippen molar-refractivity contribution in [3.8, 4) is 0 Å². The van der Waals surface area contributed by atoms with Crippen LogP contribution in [0.15, 0.2) is 23.1 Å². The molecule has 2 aromatic heterocycles. The van der Waals surface area contributed by atoms with E-state index in [9.17, 15) is 9.59 Å². The monoisotopic (exact) mass is 331 g/mol. The molecule has 1 aliphatic heterocycles. The molecule has 0 aromatic carbocycles. The quantitative estimate of drug-likeness (QED) is 0.898. The predicted molar refractivity (Wildman–Crippen MR) is 86.7 cm³/mol. The van der Waals surface area contributed by atoms with E-state index >= 15 is 0 Å². The Balaban J connectivity index is 1.74. The summed E-state index contributed by atoms with van der Waals surface area (Å²) in [6, 6.07) is 3.15. The van der Waals surface area contributed by atoms with E-state index in [-0.39, 0.29) is 11.5 Å². The van der Waals surface area contributed by atoms with Gasteiger partial charge in [0.15, 0.2) is 0 Å². The van der Waals surface area contributed by atoms with Crippen molar-refractivity contribution >= 4 is 5.91 Å². The van der Waals surface area contributed by atoms with Gasteiger partial charge in [-0.15, -0.1) is 0 Å². The molecule has 2 aromatic rings. The minimum Gasteiger partial charge on any atom is -0.368 e. The van der Waals surface area contributed by atoms with Gasteiger partial charge < -0.3 is 14.6 Å². The highest BCUT2D eigenvalue weighted by Gasteiger charge is 2.28. The molecule has 1 fully saturated rings. The third-order valence-electron chi connectivity index (χ3n) is 3.88. The van der Waals surface area contributed by atoms with Gasteiger partial charge in [-0.2, -0.15) is 5.10 Å². The second kappa shape index (κ2) is 6.96. The first kappa shape index (κ1) is 16.4. The Labute approximate surface area is 139 Å². The molecule has 1 saturated heterocycles. The first-order chi connectivity index (χ1) is 11.6. The molecule has 3 heterocycles. The van der Waals surface area contributed by atoms with E-state index in [2.05, 4.69) is 22.0 Å². The Bertz CT molecular complexity index is 782. The average molecular weight is 331 g/mol. The van der Waals surface area contributed by atoms with Gasteiger partial charge in [-0.05, 0) is 19.4 Å². The molecular formula is C16H21N5O3. The van der Waals surface area contributed by atoms with E-state index < -0.39 is 6.10 Å². The molecular weight excluding hydrogens is 310 g/mol. The summed E-state index contributed by atoms with van der Waals surface area (Å²) in [7, 11) is 0. The topological polar surface area (TPSA) is 93.1 Å². The molecule has 1 N–H and O–H groups in total. The number of carbonyl (C=O) groups excluding carboxylic acids is 1. The van der Waals surface area contributed by atoms with Gasteiger partial charge in [0.1, 0.15) is 17.6 Å². The number of aromatic nitrogens is 4. The second-order valence-corrected chi connectivity index (χ2v) is 5.83. The Hall–Kier alpha value is -2.48. The first-order valence-electron chi connectivity index (χ1n) is 8.09. The zero-order chi connectivity index (χ0) is 17.1. The molecule has 0 unspecified atom stereocenters. The Morgan fingerprint density at radius 1 is 1.50 bits per heavy atom. The minimum atomic E-state index is -0.401. The summed E-state index contributed by atoms with van der Waals surface area (Å²) < 4.78 is 7.47. The SMILES string of the molecule is CCCn1ccc(C(=O)N2CCO[C@H](c3cc(=O)[nH]c(C)n3)C2)n1. The van der Waals surface area contributed by atoms with Crippen molar-refractivity contribution in [3.05, 3.63) is 45.9 Å². The zero-order valence-corrected chi connectivity index (χ0v) is 13.9. The van der Waals surface area contributed by atoms with Crippen LogP contribution in [0.5, 0.6) is 0 Å². The lowest BCUT2D eigenvalue weighted by Gasteiger charge is -2.32. The van der Waals surface area contributed by atoms with Crippen molar-refractivity contribution in [2.24, 2.45) is 0 Å². The van der Waals surface area contributed by atoms with Gasteiger partial charge in [0.2, 0.25) is 0 Å². The maximum Gasteiger partial charge on any atom is 0.274 e. The highest BCUT2D eigenvalue weighted by Crippen LogP contribution is 2.20. The fourth-order valence-electron chi connectivity index (χ4n) is 2.77. The number of aromatic amines is 1. The molecule has 1 atom stereocenters. The number of ether oxygens (including phenoxy) is 1. The molecule has 8 heteroatoms. The van der Waals surface area contributed by atoms with Crippen LogP contribution in [0.3, 0.4) is 0 Å². The van der Waals surface area contributed by atoms with Crippen molar-refractivity contribution in [2.45, 2.75) is 32.9 Å². The number of nitrogens with zero attached hydrogens (tertiary/aromatic N) is 4. The summed E-state index contributed by atoms with van der Waals surface area (Å²) >= 11 is 0. The molecule has 1 amide bonds. The number of carbonyl (C=O) groups is 1. The van der Waals surface area contributed by atoms with Crippen LogP contribution in [0, 0.1) is 6.92 Å². The van der Waals surface area contributed by atoms with Crippen LogP contribution in [0.25, 0.3) is 0 Å². The number of hydrogen-bond donors (Lipinski definition) is 1. The number of nitrogens with one attached hydrogen (secondary N) is 1. The molecule has 0 aliphatic carbocycles. The van der Waals surface area contributed by atoms with Gasteiger partial charge in [-0.3, -0.25) is 14.3 Å². The molecule has 8 nitrogen and oxygen atoms in total. The van der Waals surface area contributed by atoms with Crippen LogP contribution in [0.1, 0.15) is 41.5 Å². The summed E-state index contributed by atoms with van der Waals surface area (Å²) in [6.07, 6.45) is 2.38. The summed E-state index contributed by atoms with van der Waals surface area (Å²) in [5.41, 5.74) is 0.757. The van der Waals surface area contributed by atoms with Gasteiger partial charge in [0.25, 0.3) is 11.5 Å². The van der Waals surface area contributed by atoms with Gasteiger partial charge in [-0.1, -0.05) is 6.92 Å². The summed E-state index contributed by atoms with van der Waals surface area (Å²) in [5, 5.41) is 4.32.